The van der Waals surface area contributed by atoms with E-state index in [4.69, 9.17) is 0 Å². The number of carbonyl (C=O) groups is 1. The first kappa shape index (κ1) is 22.4. The summed E-state index contributed by atoms with van der Waals surface area (Å²) in [6, 6.07) is 5.76. The fourth-order valence-electron chi connectivity index (χ4n) is 4.23. The minimum absolute atomic E-state index is 0.0193. The molecule has 0 unspecified atom stereocenters. The number of amides is 1. The molecule has 1 atom stereocenters. The van der Waals surface area contributed by atoms with E-state index in [1.54, 1.807) is 6.07 Å². The van der Waals surface area contributed by atoms with Gasteiger partial charge in [0.1, 0.15) is 17.2 Å². The maximum absolute atomic E-state index is 14.8. The second-order valence-corrected chi connectivity index (χ2v) is 9.17. The summed E-state index contributed by atoms with van der Waals surface area (Å²) in [5.41, 5.74) is -0.711. The van der Waals surface area contributed by atoms with Crippen molar-refractivity contribution in [3.05, 3.63) is 73.5 Å². The molecule has 0 fully saturated rings. The summed E-state index contributed by atoms with van der Waals surface area (Å²) < 4.78 is 14.8. The normalized spacial score (nSPS) is 16.8. The van der Waals surface area contributed by atoms with Gasteiger partial charge in [0.25, 0.3) is 16.8 Å². The molecule has 33 heavy (non-hydrogen) atoms. The fourth-order valence-corrected chi connectivity index (χ4v) is 4.23. The van der Waals surface area contributed by atoms with Gasteiger partial charge in [0.05, 0.1) is 11.7 Å². The van der Waals surface area contributed by atoms with Crippen molar-refractivity contribution in [2.24, 2.45) is 5.41 Å². The SMILES string of the molecule is CN(C)C(=O)c1nccc(Nc2c(N[C@H]3c4c(F)cccc4CCC3(C)C)c(=O)c2=O)c1O. The largest absolute Gasteiger partial charge is 0.504 e. The van der Waals surface area contributed by atoms with Crippen molar-refractivity contribution in [3.63, 3.8) is 0 Å². The number of aryl methyl sites for hydroxylation is 1. The van der Waals surface area contributed by atoms with Crippen LogP contribution < -0.4 is 21.5 Å². The van der Waals surface area contributed by atoms with Crippen molar-refractivity contribution in [2.45, 2.75) is 32.7 Å². The van der Waals surface area contributed by atoms with E-state index in [0.29, 0.717) is 12.0 Å². The van der Waals surface area contributed by atoms with Crippen molar-refractivity contribution in [1.29, 1.82) is 0 Å². The molecule has 2 aromatic carbocycles. The average Bonchev–Trinajstić information content (AvgIpc) is 2.77. The highest BCUT2D eigenvalue weighted by atomic mass is 19.1. The van der Waals surface area contributed by atoms with Gasteiger partial charge in [0.2, 0.25) is 0 Å². The highest BCUT2D eigenvalue weighted by molar-refractivity contribution is 5.97. The van der Waals surface area contributed by atoms with Crippen molar-refractivity contribution in [1.82, 2.24) is 9.88 Å². The van der Waals surface area contributed by atoms with Crippen LogP contribution in [0, 0.1) is 11.2 Å². The highest BCUT2D eigenvalue weighted by Crippen LogP contribution is 2.46. The molecule has 0 saturated carbocycles. The molecule has 8 nitrogen and oxygen atoms in total. The maximum atomic E-state index is 14.8. The van der Waals surface area contributed by atoms with Crippen LogP contribution in [0.4, 0.5) is 21.5 Å². The van der Waals surface area contributed by atoms with Crippen LogP contribution in [-0.4, -0.2) is 35.0 Å². The number of nitrogens with zero attached hydrogens (tertiary/aromatic N) is 2. The quantitative estimate of drug-likeness (QED) is 0.510. The Morgan fingerprint density at radius 3 is 2.58 bits per heavy atom. The topological polar surface area (TPSA) is 112 Å². The summed E-state index contributed by atoms with van der Waals surface area (Å²) in [6.07, 6.45) is 2.79. The van der Waals surface area contributed by atoms with E-state index in [2.05, 4.69) is 15.6 Å². The summed E-state index contributed by atoms with van der Waals surface area (Å²) >= 11 is 0. The van der Waals surface area contributed by atoms with Crippen molar-refractivity contribution in [2.75, 3.05) is 24.7 Å². The van der Waals surface area contributed by atoms with Gasteiger partial charge >= 0.3 is 0 Å². The Morgan fingerprint density at radius 1 is 1.18 bits per heavy atom. The smallest absolute Gasteiger partial charge is 0.275 e. The van der Waals surface area contributed by atoms with Gasteiger partial charge in [-0.05, 0) is 36.0 Å². The number of nitrogens with one attached hydrogen (secondary N) is 2. The Balaban J connectivity index is 1.71. The van der Waals surface area contributed by atoms with E-state index >= 15 is 0 Å². The lowest BCUT2D eigenvalue weighted by Crippen LogP contribution is -2.41. The van der Waals surface area contributed by atoms with Gasteiger partial charge in [-0.3, -0.25) is 14.4 Å². The summed E-state index contributed by atoms with van der Waals surface area (Å²) in [7, 11) is 3.04. The molecule has 1 heterocycles. The van der Waals surface area contributed by atoms with Gasteiger partial charge in [-0.15, -0.1) is 0 Å². The summed E-state index contributed by atoms with van der Waals surface area (Å²) in [6.45, 7) is 3.96. The van der Waals surface area contributed by atoms with Crippen LogP contribution in [0.25, 0.3) is 0 Å². The Kier molecular flexibility index (Phi) is 5.43. The first-order valence-electron chi connectivity index (χ1n) is 10.6. The molecule has 0 bridgehead atoms. The van der Waals surface area contributed by atoms with E-state index in [0.717, 1.165) is 12.0 Å². The van der Waals surface area contributed by atoms with Crippen LogP contribution in [0.15, 0.2) is 40.1 Å². The minimum atomic E-state index is -0.767. The van der Waals surface area contributed by atoms with Gasteiger partial charge in [-0.2, -0.15) is 0 Å². The molecule has 1 amide bonds. The van der Waals surface area contributed by atoms with E-state index in [9.17, 15) is 23.9 Å². The second kappa shape index (κ2) is 7.99. The summed E-state index contributed by atoms with van der Waals surface area (Å²) in [5.74, 6) is -1.33. The fraction of sp³-hybridized carbons (Fsp3) is 0.333. The van der Waals surface area contributed by atoms with Crippen LogP contribution in [0.2, 0.25) is 0 Å². The number of benzene rings is 1. The minimum Gasteiger partial charge on any atom is -0.504 e. The standard InChI is InChI=1S/C24H25FN4O4/c1-24(2)10-8-12-6-5-7-13(25)15(12)22(24)28-17-16(20(31)21(17)32)27-14-9-11-26-18(19(14)30)23(33)29(3)4/h5-7,9,11,22,28,30H,8,10H2,1-4H3,(H,26,27)/t22-/m0/s1. The molecule has 1 aromatic heterocycles. The Hall–Kier alpha value is -3.75. The lowest BCUT2D eigenvalue weighted by atomic mass is 9.70. The molecule has 1 aliphatic rings. The molecule has 0 radical (unpaired) electrons. The molecule has 3 aromatic rings. The van der Waals surface area contributed by atoms with E-state index in [1.165, 1.54) is 37.3 Å². The van der Waals surface area contributed by atoms with Crippen molar-refractivity contribution < 1.29 is 14.3 Å². The van der Waals surface area contributed by atoms with Crippen LogP contribution >= 0.6 is 0 Å². The number of aromatic nitrogens is 1. The van der Waals surface area contributed by atoms with Gasteiger partial charge in [-0.1, -0.05) is 26.0 Å². The van der Waals surface area contributed by atoms with Gasteiger partial charge < -0.3 is 20.6 Å². The molecule has 0 spiro atoms. The highest BCUT2D eigenvalue weighted by Gasteiger charge is 2.39. The number of fused-ring (bicyclic) bond motifs is 1. The van der Waals surface area contributed by atoms with Gasteiger partial charge in [0, 0.05) is 25.9 Å². The molecule has 172 valence electrons. The number of hydrogen-bond donors (Lipinski definition) is 3. The first-order valence-corrected chi connectivity index (χ1v) is 10.6. The maximum Gasteiger partial charge on any atom is 0.275 e. The van der Waals surface area contributed by atoms with E-state index < -0.39 is 34.0 Å². The number of aromatic hydroxyl groups is 1. The predicted molar refractivity (Wildman–Crippen MR) is 123 cm³/mol. The zero-order chi connectivity index (χ0) is 24.1. The summed E-state index contributed by atoms with van der Waals surface area (Å²) in [4.78, 5) is 42.2. The molecule has 0 saturated heterocycles. The van der Waals surface area contributed by atoms with Gasteiger partial charge in [0.15, 0.2) is 11.4 Å². The summed E-state index contributed by atoms with van der Waals surface area (Å²) in [5, 5.41) is 16.4. The lowest BCUT2D eigenvalue weighted by Gasteiger charge is -2.41. The Bertz CT molecular complexity index is 1320. The van der Waals surface area contributed by atoms with Crippen LogP contribution in [0.3, 0.4) is 0 Å². The third-order valence-corrected chi connectivity index (χ3v) is 6.24. The molecule has 0 aliphatic heterocycles. The molecular formula is C24H25FN4O4. The third kappa shape index (κ3) is 3.73. The predicted octanol–water partition coefficient (Wildman–Crippen LogP) is 3.09. The molecule has 1 aliphatic carbocycles. The molecule has 3 N–H and O–H groups in total. The number of rotatable bonds is 5. The Labute approximate surface area is 189 Å². The molecular weight excluding hydrogens is 427 g/mol. The Morgan fingerprint density at radius 2 is 1.88 bits per heavy atom. The third-order valence-electron chi connectivity index (χ3n) is 6.24. The number of halogens is 1. The molecule has 4 rings (SSSR count). The first-order chi connectivity index (χ1) is 15.5. The number of hydrogen-bond acceptors (Lipinski definition) is 7. The number of pyridine rings is 1. The number of carbonyl (C=O) groups excluding carboxylic acids is 1. The monoisotopic (exact) mass is 452 g/mol. The van der Waals surface area contributed by atoms with Crippen LogP contribution in [0.1, 0.15) is 47.9 Å². The molecule has 9 heteroatoms. The zero-order valence-corrected chi connectivity index (χ0v) is 18.8. The zero-order valence-electron chi connectivity index (χ0n) is 18.8. The van der Waals surface area contributed by atoms with Crippen LogP contribution in [0.5, 0.6) is 5.75 Å². The van der Waals surface area contributed by atoms with Gasteiger partial charge in [-0.25, -0.2) is 9.37 Å². The van der Waals surface area contributed by atoms with Crippen molar-refractivity contribution in [3.8, 4) is 5.75 Å². The average molecular weight is 452 g/mol. The lowest BCUT2D eigenvalue weighted by molar-refractivity contribution is 0.0819. The second-order valence-electron chi connectivity index (χ2n) is 9.17. The number of anilines is 3. The van der Waals surface area contributed by atoms with Crippen LogP contribution in [-0.2, 0) is 6.42 Å². The van der Waals surface area contributed by atoms with E-state index in [-0.39, 0.29) is 28.6 Å². The van der Waals surface area contributed by atoms with Crippen molar-refractivity contribution >= 4 is 23.0 Å². The van der Waals surface area contributed by atoms with E-state index in [1.807, 2.05) is 19.9 Å².